The lowest BCUT2D eigenvalue weighted by atomic mass is 10.2. The number of nitrogens with two attached hydrogens (primary N) is 2. The number of carbonyl (C=O) groups is 1. The van der Waals surface area contributed by atoms with Gasteiger partial charge in [-0.3, -0.25) is 4.79 Å². The molecular formula is C13H9BrCl2N2O2. The molecule has 0 aliphatic heterocycles. The van der Waals surface area contributed by atoms with Crippen molar-refractivity contribution in [1.29, 1.82) is 0 Å². The number of primary amides is 1. The molecule has 104 valence electrons. The van der Waals surface area contributed by atoms with Crippen LogP contribution in [0.2, 0.25) is 10.0 Å². The predicted molar refractivity (Wildman–Crippen MR) is 83.6 cm³/mol. The fourth-order valence-corrected chi connectivity index (χ4v) is 2.33. The molecule has 20 heavy (non-hydrogen) atoms. The largest absolute Gasteiger partial charge is 0.454 e. The van der Waals surface area contributed by atoms with Gasteiger partial charge in [0.15, 0.2) is 0 Å². The van der Waals surface area contributed by atoms with Crippen molar-refractivity contribution >= 4 is 50.7 Å². The molecule has 0 unspecified atom stereocenters. The highest BCUT2D eigenvalue weighted by atomic mass is 79.9. The normalized spacial score (nSPS) is 10.3. The molecule has 0 aromatic heterocycles. The Morgan fingerprint density at radius 1 is 1.10 bits per heavy atom. The second kappa shape index (κ2) is 5.91. The monoisotopic (exact) mass is 374 g/mol. The van der Waals surface area contributed by atoms with E-state index >= 15 is 0 Å². The summed E-state index contributed by atoms with van der Waals surface area (Å²) >= 11 is 15.3. The van der Waals surface area contributed by atoms with E-state index in [1.54, 1.807) is 18.2 Å². The summed E-state index contributed by atoms with van der Waals surface area (Å²) < 4.78 is 6.26. The van der Waals surface area contributed by atoms with Crippen LogP contribution in [0.4, 0.5) is 5.69 Å². The maximum Gasteiger partial charge on any atom is 0.248 e. The number of nitrogen functional groups attached to an aromatic ring is 1. The minimum absolute atomic E-state index is 0.274. The SMILES string of the molecule is NC(=O)c1ccc(Oc2cc(Cl)c(Br)cc2Cl)c(N)c1. The topological polar surface area (TPSA) is 78.3 Å². The molecule has 0 spiro atoms. The van der Waals surface area contributed by atoms with Gasteiger partial charge in [-0.05, 0) is 40.2 Å². The van der Waals surface area contributed by atoms with E-state index in [-0.39, 0.29) is 5.69 Å². The molecule has 2 rings (SSSR count). The van der Waals surface area contributed by atoms with Crippen LogP contribution in [0.25, 0.3) is 0 Å². The molecule has 0 saturated carbocycles. The fraction of sp³-hybridized carbons (Fsp3) is 0. The van der Waals surface area contributed by atoms with E-state index in [0.717, 1.165) is 0 Å². The van der Waals surface area contributed by atoms with Crippen LogP contribution in [0.3, 0.4) is 0 Å². The van der Waals surface area contributed by atoms with Crippen LogP contribution in [-0.4, -0.2) is 5.91 Å². The summed E-state index contributed by atoms with van der Waals surface area (Å²) in [7, 11) is 0. The number of rotatable bonds is 3. The van der Waals surface area contributed by atoms with E-state index < -0.39 is 5.91 Å². The van der Waals surface area contributed by atoms with Crippen LogP contribution in [0.1, 0.15) is 10.4 Å². The zero-order chi connectivity index (χ0) is 14.9. The van der Waals surface area contributed by atoms with Gasteiger partial charge in [0.25, 0.3) is 0 Å². The Morgan fingerprint density at radius 3 is 2.40 bits per heavy atom. The van der Waals surface area contributed by atoms with Gasteiger partial charge in [0.1, 0.15) is 11.5 Å². The highest BCUT2D eigenvalue weighted by Gasteiger charge is 2.11. The molecule has 0 atom stereocenters. The molecule has 0 fully saturated rings. The second-order valence-electron chi connectivity index (χ2n) is 3.92. The summed E-state index contributed by atoms with van der Waals surface area (Å²) in [5, 5.41) is 0.830. The Bertz CT molecular complexity index is 692. The van der Waals surface area contributed by atoms with Crippen molar-refractivity contribution in [2.75, 3.05) is 5.73 Å². The first kappa shape index (κ1) is 15.0. The molecule has 2 aromatic carbocycles. The average molecular weight is 376 g/mol. The first-order valence-corrected chi connectivity index (χ1v) is 6.95. The number of halogens is 3. The lowest BCUT2D eigenvalue weighted by Crippen LogP contribution is -2.11. The smallest absolute Gasteiger partial charge is 0.248 e. The van der Waals surface area contributed by atoms with Crippen molar-refractivity contribution in [2.45, 2.75) is 0 Å². The highest BCUT2D eigenvalue weighted by Crippen LogP contribution is 2.38. The van der Waals surface area contributed by atoms with E-state index in [9.17, 15) is 4.79 Å². The Hall–Kier alpha value is -1.43. The summed E-state index contributed by atoms with van der Waals surface area (Å²) in [6.07, 6.45) is 0. The molecular weight excluding hydrogens is 367 g/mol. The number of amides is 1. The fourth-order valence-electron chi connectivity index (χ4n) is 1.50. The molecule has 2 aromatic rings. The third-order valence-corrected chi connectivity index (χ3v) is 3.98. The molecule has 4 N–H and O–H groups in total. The minimum Gasteiger partial charge on any atom is -0.454 e. The number of hydrogen-bond acceptors (Lipinski definition) is 3. The number of ether oxygens (including phenoxy) is 1. The number of carbonyl (C=O) groups excluding carboxylic acids is 1. The van der Waals surface area contributed by atoms with Gasteiger partial charge >= 0.3 is 0 Å². The van der Waals surface area contributed by atoms with Gasteiger partial charge < -0.3 is 16.2 Å². The summed E-state index contributed by atoms with van der Waals surface area (Å²) in [6, 6.07) is 7.68. The molecule has 0 bridgehead atoms. The second-order valence-corrected chi connectivity index (χ2v) is 5.58. The van der Waals surface area contributed by atoms with Crippen LogP contribution in [0, 0.1) is 0 Å². The molecule has 4 nitrogen and oxygen atoms in total. The molecule has 0 aliphatic rings. The quantitative estimate of drug-likeness (QED) is 0.622. The predicted octanol–water partition coefficient (Wildman–Crippen LogP) is 4.23. The maximum absolute atomic E-state index is 11.0. The van der Waals surface area contributed by atoms with Crippen LogP contribution < -0.4 is 16.2 Å². The Labute approximate surface area is 133 Å². The molecule has 7 heteroatoms. The van der Waals surface area contributed by atoms with Crippen molar-refractivity contribution in [3.05, 3.63) is 50.4 Å². The number of benzene rings is 2. The first-order chi connectivity index (χ1) is 9.38. The van der Waals surface area contributed by atoms with Crippen molar-refractivity contribution < 1.29 is 9.53 Å². The summed E-state index contributed by atoms with van der Waals surface area (Å²) in [4.78, 5) is 11.0. The van der Waals surface area contributed by atoms with E-state index in [4.69, 9.17) is 39.4 Å². The molecule has 0 radical (unpaired) electrons. The minimum atomic E-state index is -0.562. The van der Waals surface area contributed by atoms with Crippen molar-refractivity contribution in [2.24, 2.45) is 5.73 Å². The Morgan fingerprint density at radius 2 is 1.80 bits per heavy atom. The molecule has 0 saturated heterocycles. The van der Waals surface area contributed by atoms with Crippen LogP contribution in [0.5, 0.6) is 11.5 Å². The van der Waals surface area contributed by atoms with Gasteiger partial charge in [0.2, 0.25) is 5.91 Å². The third kappa shape index (κ3) is 3.17. The standard InChI is InChI=1S/C13H9BrCl2N2O2/c14-7-4-9(16)12(5-8(7)15)20-11-2-1-6(13(18)19)3-10(11)17/h1-5H,17H2,(H2,18,19). The highest BCUT2D eigenvalue weighted by molar-refractivity contribution is 9.10. The van der Waals surface area contributed by atoms with Crippen molar-refractivity contribution in [3.63, 3.8) is 0 Å². The van der Waals surface area contributed by atoms with E-state index in [2.05, 4.69) is 15.9 Å². The lowest BCUT2D eigenvalue weighted by Gasteiger charge is -2.11. The van der Waals surface area contributed by atoms with Gasteiger partial charge in [-0.1, -0.05) is 23.2 Å². The van der Waals surface area contributed by atoms with Gasteiger partial charge in [-0.15, -0.1) is 0 Å². The van der Waals surface area contributed by atoms with E-state index in [1.807, 2.05) is 0 Å². The van der Waals surface area contributed by atoms with E-state index in [1.165, 1.54) is 12.1 Å². The van der Waals surface area contributed by atoms with Crippen LogP contribution in [-0.2, 0) is 0 Å². The number of hydrogen-bond donors (Lipinski definition) is 2. The zero-order valence-electron chi connectivity index (χ0n) is 9.99. The third-order valence-electron chi connectivity index (χ3n) is 2.49. The molecule has 0 heterocycles. The van der Waals surface area contributed by atoms with E-state index in [0.29, 0.717) is 31.6 Å². The van der Waals surface area contributed by atoms with Gasteiger partial charge in [0.05, 0.1) is 15.7 Å². The zero-order valence-corrected chi connectivity index (χ0v) is 13.1. The molecule has 1 amide bonds. The average Bonchev–Trinajstić information content (AvgIpc) is 2.37. The maximum atomic E-state index is 11.0. The first-order valence-electron chi connectivity index (χ1n) is 5.40. The van der Waals surface area contributed by atoms with Crippen molar-refractivity contribution in [1.82, 2.24) is 0 Å². The number of anilines is 1. The summed E-state index contributed by atoms with van der Waals surface area (Å²) in [5.41, 5.74) is 11.5. The van der Waals surface area contributed by atoms with Crippen molar-refractivity contribution in [3.8, 4) is 11.5 Å². The van der Waals surface area contributed by atoms with Crippen LogP contribution in [0.15, 0.2) is 34.8 Å². The summed E-state index contributed by atoms with van der Waals surface area (Å²) in [5.74, 6) is 0.154. The Balaban J connectivity index is 2.35. The van der Waals surface area contributed by atoms with Crippen LogP contribution >= 0.6 is 39.1 Å². The van der Waals surface area contributed by atoms with Gasteiger partial charge in [0, 0.05) is 16.1 Å². The Kier molecular flexibility index (Phi) is 4.42. The lowest BCUT2D eigenvalue weighted by molar-refractivity contribution is 0.100. The molecule has 0 aliphatic carbocycles. The van der Waals surface area contributed by atoms with Gasteiger partial charge in [-0.2, -0.15) is 0 Å². The van der Waals surface area contributed by atoms with Gasteiger partial charge in [-0.25, -0.2) is 0 Å². The summed E-state index contributed by atoms with van der Waals surface area (Å²) in [6.45, 7) is 0.